The number of benzene rings is 2. The second kappa shape index (κ2) is 6.45. The Bertz CT molecular complexity index is 658. The highest BCUT2D eigenvalue weighted by Crippen LogP contribution is 2.16. The minimum Gasteiger partial charge on any atom is -0.366 e. The average molecular weight is 290 g/mol. The van der Waals surface area contributed by atoms with Gasteiger partial charge in [-0.2, -0.15) is 0 Å². The van der Waals surface area contributed by atoms with E-state index in [1.54, 1.807) is 12.1 Å². The molecule has 0 fully saturated rings. The normalized spacial score (nSPS) is 12.1. The van der Waals surface area contributed by atoms with Gasteiger partial charge in [-0.1, -0.05) is 12.1 Å². The quantitative estimate of drug-likeness (QED) is 0.889. The molecule has 21 heavy (non-hydrogen) atoms. The second-order valence-corrected chi connectivity index (χ2v) is 4.83. The summed E-state index contributed by atoms with van der Waals surface area (Å²) in [6, 6.07) is 10.0. The predicted octanol–water partition coefficient (Wildman–Crippen LogP) is 2.91. The molecule has 0 bridgehead atoms. The zero-order valence-corrected chi connectivity index (χ0v) is 11.6. The van der Waals surface area contributed by atoms with Gasteiger partial charge in [0.1, 0.15) is 11.6 Å². The van der Waals surface area contributed by atoms with Crippen LogP contribution in [-0.4, -0.2) is 5.91 Å². The highest BCUT2D eigenvalue weighted by molar-refractivity contribution is 5.92. The minimum atomic E-state index is -0.602. The molecule has 0 unspecified atom stereocenters. The fourth-order valence-electron chi connectivity index (χ4n) is 2.02. The minimum absolute atomic E-state index is 0.155. The lowest BCUT2D eigenvalue weighted by molar-refractivity contribution is 0.1000. The molecule has 3 N–H and O–H groups in total. The third-order valence-electron chi connectivity index (χ3n) is 3.28. The first-order valence-electron chi connectivity index (χ1n) is 6.54. The van der Waals surface area contributed by atoms with E-state index in [9.17, 15) is 13.6 Å². The van der Waals surface area contributed by atoms with Gasteiger partial charge in [-0.3, -0.25) is 4.79 Å². The third-order valence-corrected chi connectivity index (χ3v) is 3.28. The third kappa shape index (κ3) is 3.86. The van der Waals surface area contributed by atoms with E-state index in [1.165, 1.54) is 30.3 Å². The van der Waals surface area contributed by atoms with Crippen molar-refractivity contribution in [2.75, 3.05) is 0 Å². The van der Waals surface area contributed by atoms with Gasteiger partial charge >= 0.3 is 0 Å². The van der Waals surface area contributed by atoms with Crippen molar-refractivity contribution < 1.29 is 13.6 Å². The molecule has 2 aromatic rings. The Balaban J connectivity index is 2.09. The van der Waals surface area contributed by atoms with Gasteiger partial charge in [0.15, 0.2) is 0 Å². The molecule has 0 aliphatic carbocycles. The first-order valence-corrected chi connectivity index (χ1v) is 6.54. The van der Waals surface area contributed by atoms with Crippen LogP contribution in [0.4, 0.5) is 8.78 Å². The summed E-state index contributed by atoms with van der Waals surface area (Å²) in [5.74, 6) is -1.34. The zero-order chi connectivity index (χ0) is 15.4. The Kier molecular flexibility index (Phi) is 4.65. The van der Waals surface area contributed by atoms with E-state index in [0.29, 0.717) is 5.56 Å². The molecule has 3 nitrogen and oxygen atoms in total. The van der Waals surface area contributed by atoms with Crippen LogP contribution >= 0.6 is 0 Å². The topological polar surface area (TPSA) is 55.1 Å². The summed E-state index contributed by atoms with van der Waals surface area (Å²) < 4.78 is 26.9. The van der Waals surface area contributed by atoms with Crippen molar-refractivity contribution in [2.24, 2.45) is 5.73 Å². The SMILES string of the molecule is C[C@H](NCc1cc(C(N)=O)ccc1F)c1cccc(F)c1. The Morgan fingerprint density at radius 2 is 2.00 bits per heavy atom. The monoisotopic (exact) mass is 290 g/mol. The Hall–Kier alpha value is -2.27. The van der Waals surface area contributed by atoms with Gasteiger partial charge in [-0.05, 0) is 42.8 Å². The number of rotatable bonds is 5. The molecule has 110 valence electrons. The number of hydrogen-bond acceptors (Lipinski definition) is 2. The molecule has 5 heteroatoms. The van der Waals surface area contributed by atoms with Gasteiger partial charge < -0.3 is 11.1 Å². The van der Waals surface area contributed by atoms with Crippen LogP contribution < -0.4 is 11.1 Å². The summed E-state index contributed by atoms with van der Waals surface area (Å²) in [6.45, 7) is 2.06. The summed E-state index contributed by atoms with van der Waals surface area (Å²) in [6.07, 6.45) is 0. The predicted molar refractivity (Wildman–Crippen MR) is 76.6 cm³/mol. The molecule has 2 aromatic carbocycles. The van der Waals surface area contributed by atoms with E-state index in [-0.39, 0.29) is 24.0 Å². The Morgan fingerprint density at radius 1 is 1.24 bits per heavy atom. The summed E-state index contributed by atoms with van der Waals surface area (Å²) in [5.41, 5.74) is 6.54. The van der Waals surface area contributed by atoms with E-state index >= 15 is 0 Å². The van der Waals surface area contributed by atoms with E-state index < -0.39 is 11.7 Å². The Morgan fingerprint density at radius 3 is 2.67 bits per heavy atom. The maximum atomic E-state index is 13.7. The van der Waals surface area contributed by atoms with E-state index in [4.69, 9.17) is 5.73 Å². The van der Waals surface area contributed by atoms with Gasteiger partial charge in [0.05, 0.1) is 0 Å². The molecule has 0 saturated carbocycles. The van der Waals surface area contributed by atoms with Gasteiger partial charge in [-0.25, -0.2) is 8.78 Å². The van der Waals surface area contributed by atoms with Crippen molar-refractivity contribution in [3.8, 4) is 0 Å². The van der Waals surface area contributed by atoms with Gasteiger partial charge in [-0.15, -0.1) is 0 Å². The van der Waals surface area contributed by atoms with Crippen molar-refractivity contribution in [3.63, 3.8) is 0 Å². The fourth-order valence-corrected chi connectivity index (χ4v) is 2.02. The van der Waals surface area contributed by atoms with Crippen LogP contribution in [0, 0.1) is 11.6 Å². The summed E-state index contributed by atoms with van der Waals surface area (Å²) >= 11 is 0. The fraction of sp³-hybridized carbons (Fsp3) is 0.188. The molecule has 2 rings (SSSR count). The van der Waals surface area contributed by atoms with Crippen molar-refractivity contribution in [1.29, 1.82) is 0 Å². The number of amides is 1. The van der Waals surface area contributed by atoms with Crippen LogP contribution in [-0.2, 0) is 6.54 Å². The standard InChI is InChI=1S/C16H16F2N2O/c1-10(11-3-2-4-14(17)8-11)20-9-13-7-12(16(19)21)5-6-15(13)18/h2-8,10,20H,9H2,1H3,(H2,19,21)/t10-/m0/s1. The highest BCUT2D eigenvalue weighted by Gasteiger charge is 2.10. The first kappa shape index (κ1) is 15.1. The zero-order valence-electron chi connectivity index (χ0n) is 11.6. The number of primary amides is 1. The lowest BCUT2D eigenvalue weighted by Gasteiger charge is -2.15. The van der Waals surface area contributed by atoms with Gasteiger partial charge in [0.2, 0.25) is 5.91 Å². The molecule has 0 heterocycles. The second-order valence-electron chi connectivity index (χ2n) is 4.83. The summed E-state index contributed by atoms with van der Waals surface area (Å²) in [7, 11) is 0. The van der Waals surface area contributed by atoms with Crippen LogP contribution in [0.2, 0.25) is 0 Å². The number of carbonyl (C=O) groups is 1. The molecule has 1 amide bonds. The summed E-state index contributed by atoms with van der Waals surface area (Å²) in [5, 5.41) is 3.09. The van der Waals surface area contributed by atoms with Crippen molar-refractivity contribution >= 4 is 5.91 Å². The molecule has 0 spiro atoms. The molecule has 0 aliphatic heterocycles. The maximum Gasteiger partial charge on any atom is 0.248 e. The van der Waals surface area contributed by atoms with E-state index in [1.807, 2.05) is 6.92 Å². The summed E-state index contributed by atoms with van der Waals surface area (Å²) in [4.78, 5) is 11.1. The maximum absolute atomic E-state index is 13.7. The molecule has 0 radical (unpaired) electrons. The average Bonchev–Trinajstić information content (AvgIpc) is 2.45. The van der Waals surface area contributed by atoms with Crippen molar-refractivity contribution in [1.82, 2.24) is 5.32 Å². The van der Waals surface area contributed by atoms with E-state index in [2.05, 4.69) is 5.32 Å². The van der Waals surface area contributed by atoms with Crippen molar-refractivity contribution in [3.05, 3.63) is 70.8 Å². The van der Waals surface area contributed by atoms with Gasteiger partial charge in [0.25, 0.3) is 0 Å². The smallest absolute Gasteiger partial charge is 0.248 e. The number of halogens is 2. The van der Waals surface area contributed by atoms with Crippen LogP contribution in [0.25, 0.3) is 0 Å². The lowest BCUT2D eigenvalue weighted by atomic mass is 10.1. The number of nitrogens with two attached hydrogens (primary N) is 1. The van der Waals surface area contributed by atoms with Crippen LogP contribution in [0.5, 0.6) is 0 Å². The van der Waals surface area contributed by atoms with Crippen molar-refractivity contribution in [2.45, 2.75) is 19.5 Å². The molecular formula is C16H16F2N2O. The van der Waals surface area contributed by atoms with Crippen LogP contribution in [0.15, 0.2) is 42.5 Å². The number of nitrogens with one attached hydrogen (secondary N) is 1. The first-order chi connectivity index (χ1) is 9.97. The molecule has 1 atom stereocenters. The highest BCUT2D eigenvalue weighted by atomic mass is 19.1. The molecular weight excluding hydrogens is 274 g/mol. The lowest BCUT2D eigenvalue weighted by Crippen LogP contribution is -2.20. The number of hydrogen-bond donors (Lipinski definition) is 2. The molecule has 0 aliphatic rings. The van der Waals surface area contributed by atoms with Crippen LogP contribution in [0.1, 0.15) is 34.5 Å². The largest absolute Gasteiger partial charge is 0.366 e. The Labute approximate surface area is 121 Å². The van der Waals surface area contributed by atoms with Gasteiger partial charge in [0, 0.05) is 23.7 Å². The van der Waals surface area contributed by atoms with E-state index in [0.717, 1.165) is 5.56 Å². The molecule has 0 aromatic heterocycles. The number of carbonyl (C=O) groups excluding carboxylic acids is 1. The van der Waals surface area contributed by atoms with Crippen LogP contribution in [0.3, 0.4) is 0 Å². The molecule has 0 saturated heterocycles.